The standard InChI is InChI=1S/C13H23BrO4/c1-4-7-8-13(9-10-14,11(15)17-5-2)12(16)18-6-3/h4-10H2,1-3H3. The predicted octanol–water partition coefficient (Wildman–Crippen LogP) is 3.07. The second-order valence-electron chi connectivity index (χ2n) is 4.07. The van der Waals surface area contributed by atoms with Crippen molar-refractivity contribution in [3.63, 3.8) is 0 Å². The molecule has 0 rings (SSSR count). The first kappa shape index (κ1) is 17.4. The zero-order valence-electron chi connectivity index (χ0n) is 11.5. The Hall–Kier alpha value is -0.580. The van der Waals surface area contributed by atoms with E-state index in [0.29, 0.717) is 18.2 Å². The van der Waals surface area contributed by atoms with Crippen LogP contribution in [0, 0.1) is 5.41 Å². The number of carbonyl (C=O) groups is 2. The van der Waals surface area contributed by atoms with E-state index in [0.717, 1.165) is 12.8 Å². The molecule has 18 heavy (non-hydrogen) atoms. The lowest BCUT2D eigenvalue weighted by molar-refractivity contribution is -0.173. The van der Waals surface area contributed by atoms with Gasteiger partial charge < -0.3 is 9.47 Å². The van der Waals surface area contributed by atoms with Crippen molar-refractivity contribution in [1.82, 2.24) is 0 Å². The molecule has 0 fully saturated rings. The highest BCUT2D eigenvalue weighted by Gasteiger charge is 2.47. The minimum atomic E-state index is -1.15. The molecule has 0 unspecified atom stereocenters. The summed E-state index contributed by atoms with van der Waals surface area (Å²) in [6.07, 6.45) is 2.60. The highest BCUT2D eigenvalue weighted by Crippen LogP contribution is 2.33. The zero-order valence-corrected chi connectivity index (χ0v) is 13.0. The van der Waals surface area contributed by atoms with E-state index in [2.05, 4.69) is 15.9 Å². The van der Waals surface area contributed by atoms with Crippen molar-refractivity contribution in [3.05, 3.63) is 0 Å². The number of ether oxygens (including phenoxy) is 2. The van der Waals surface area contributed by atoms with Gasteiger partial charge in [0.05, 0.1) is 13.2 Å². The summed E-state index contributed by atoms with van der Waals surface area (Å²) in [5.41, 5.74) is -1.15. The summed E-state index contributed by atoms with van der Waals surface area (Å²) in [5, 5.41) is 0.564. The van der Waals surface area contributed by atoms with Crippen LogP contribution in [0.2, 0.25) is 0 Å². The molecule has 0 atom stereocenters. The molecule has 0 amide bonds. The number of hydrogen-bond acceptors (Lipinski definition) is 4. The smallest absolute Gasteiger partial charge is 0.323 e. The summed E-state index contributed by atoms with van der Waals surface area (Å²) < 4.78 is 10.1. The van der Waals surface area contributed by atoms with Gasteiger partial charge in [0.1, 0.15) is 0 Å². The van der Waals surface area contributed by atoms with Crippen LogP contribution in [0.3, 0.4) is 0 Å². The van der Waals surface area contributed by atoms with Gasteiger partial charge >= 0.3 is 11.9 Å². The van der Waals surface area contributed by atoms with Gasteiger partial charge in [-0.3, -0.25) is 9.59 Å². The molecule has 5 heteroatoms. The molecule has 0 saturated heterocycles. The number of hydrogen-bond donors (Lipinski definition) is 0. The van der Waals surface area contributed by atoms with Crippen LogP contribution < -0.4 is 0 Å². The Morgan fingerprint density at radius 3 is 1.83 bits per heavy atom. The SMILES string of the molecule is CCCCC(CCBr)(C(=O)OCC)C(=O)OCC. The monoisotopic (exact) mass is 322 g/mol. The maximum atomic E-state index is 12.1. The molecule has 0 bridgehead atoms. The van der Waals surface area contributed by atoms with E-state index in [4.69, 9.17) is 9.47 Å². The van der Waals surface area contributed by atoms with Crippen LogP contribution in [-0.4, -0.2) is 30.5 Å². The van der Waals surface area contributed by atoms with E-state index in [-0.39, 0.29) is 13.2 Å². The molecule has 0 aliphatic carbocycles. The summed E-state index contributed by atoms with van der Waals surface area (Å²) in [7, 11) is 0. The fourth-order valence-corrected chi connectivity index (χ4v) is 2.47. The third-order valence-corrected chi connectivity index (χ3v) is 3.21. The molecule has 0 N–H and O–H groups in total. The van der Waals surface area contributed by atoms with Crippen LogP contribution in [-0.2, 0) is 19.1 Å². The van der Waals surface area contributed by atoms with Gasteiger partial charge in [0.2, 0.25) is 0 Å². The topological polar surface area (TPSA) is 52.6 Å². The minimum Gasteiger partial charge on any atom is -0.465 e. The maximum Gasteiger partial charge on any atom is 0.323 e. The molecular weight excluding hydrogens is 300 g/mol. The van der Waals surface area contributed by atoms with Crippen molar-refractivity contribution in [3.8, 4) is 0 Å². The maximum absolute atomic E-state index is 12.1. The Morgan fingerprint density at radius 2 is 1.50 bits per heavy atom. The van der Waals surface area contributed by atoms with E-state index >= 15 is 0 Å². The lowest BCUT2D eigenvalue weighted by Gasteiger charge is -2.28. The lowest BCUT2D eigenvalue weighted by Crippen LogP contribution is -2.42. The molecule has 0 aliphatic rings. The van der Waals surface area contributed by atoms with Gasteiger partial charge in [0.15, 0.2) is 5.41 Å². The number of alkyl halides is 1. The van der Waals surface area contributed by atoms with Crippen molar-refractivity contribution >= 4 is 27.9 Å². The first-order valence-electron chi connectivity index (χ1n) is 6.49. The second kappa shape index (κ2) is 9.36. The first-order chi connectivity index (χ1) is 8.58. The number of unbranched alkanes of at least 4 members (excludes halogenated alkanes) is 1. The molecule has 0 saturated carbocycles. The summed E-state index contributed by atoms with van der Waals surface area (Å²) >= 11 is 3.30. The highest BCUT2D eigenvalue weighted by molar-refractivity contribution is 9.09. The molecule has 0 aromatic heterocycles. The van der Waals surface area contributed by atoms with Gasteiger partial charge in [-0.1, -0.05) is 35.7 Å². The molecule has 0 aromatic carbocycles. The summed E-state index contributed by atoms with van der Waals surface area (Å²) in [5.74, 6) is -0.923. The second-order valence-corrected chi connectivity index (χ2v) is 4.86. The van der Waals surface area contributed by atoms with E-state index in [9.17, 15) is 9.59 Å². The van der Waals surface area contributed by atoms with Crippen molar-refractivity contribution in [2.75, 3.05) is 18.5 Å². The fraction of sp³-hybridized carbons (Fsp3) is 0.846. The Bertz CT molecular complexity index is 248. The van der Waals surface area contributed by atoms with Crippen molar-refractivity contribution in [2.45, 2.75) is 46.5 Å². The average molecular weight is 323 g/mol. The Morgan fingerprint density at radius 1 is 1.00 bits per heavy atom. The average Bonchev–Trinajstić information content (AvgIpc) is 2.35. The van der Waals surface area contributed by atoms with Gasteiger partial charge in [0.25, 0.3) is 0 Å². The highest BCUT2D eigenvalue weighted by atomic mass is 79.9. The fourth-order valence-electron chi connectivity index (χ4n) is 1.79. The molecule has 0 aliphatic heterocycles. The van der Waals surface area contributed by atoms with E-state index in [1.807, 2.05) is 6.92 Å². The Kier molecular flexibility index (Phi) is 9.06. The quantitative estimate of drug-likeness (QED) is 0.372. The van der Waals surface area contributed by atoms with Crippen LogP contribution in [0.4, 0.5) is 0 Å². The summed E-state index contributed by atoms with van der Waals surface area (Å²) in [6, 6.07) is 0. The zero-order chi connectivity index (χ0) is 14.0. The van der Waals surface area contributed by atoms with Crippen LogP contribution in [0.1, 0.15) is 46.5 Å². The third-order valence-electron chi connectivity index (χ3n) is 2.81. The normalized spacial score (nSPS) is 11.1. The van der Waals surface area contributed by atoms with Gasteiger partial charge in [-0.2, -0.15) is 0 Å². The van der Waals surface area contributed by atoms with E-state index in [1.54, 1.807) is 13.8 Å². The van der Waals surface area contributed by atoms with Crippen molar-refractivity contribution in [2.24, 2.45) is 5.41 Å². The van der Waals surface area contributed by atoms with Crippen molar-refractivity contribution in [1.29, 1.82) is 0 Å². The first-order valence-corrected chi connectivity index (χ1v) is 7.61. The molecule has 0 heterocycles. The summed E-state index contributed by atoms with van der Waals surface area (Å²) in [6.45, 7) is 6.04. The van der Waals surface area contributed by atoms with Crippen LogP contribution >= 0.6 is 15.9 Å². The van der Waals surface area contributed by atoms with Crippen molar-refractivity contribution < 1.29 is 19.1 Å². The number of carbonyl (C=O) groups excluding carboxylic acids is 2. The molecule has 0 radical (unpaired) electrons. The molecule has 0 aromatic rings. The third kappa shape index (κ3) is 4.59. The minimum absolute atomic E-state index is 0.272. The van der Waals surface area contributed by atoms with Crippen LogP contribution in [0.15, 0.2) is 0 Å². The van der Waals surface area contributed by atoms with Gasteiger partial charge in [-0.05, 0) is 26.7 Å². The predicted molar refractivity (Wildman–Crippen MR) is 73.6 cm³/mol. The lowest BCUT2D eigenvalue weighted by atomic mass is 9.80. The van der Waals surface area contributed by atoms with Gasteiger partial charge in [-0.15, -0.1) is 0 Å². The van der Waals surface area contributed by atoms with Crippen LogP contribution in [0.5, 0.6) is 0 Å². The Labute approximate surface area is 118 Å². The van der Waals surface area contributed by atoms with E-state index < -0.39 is 17.4 Å². The molecular formula is C13H23BrO4. The Balaban J connectivity index is 5.12. The molecule has 0 spiro atoms. The van der Waals surface area contributed by atoms with E-state index in [1.165, 1.54) is 0 Å². The largest absolute Gasteiger partial charge is 0.465 e. The van der Waals surface area contributed by atoms with Crippen LogP contribution in [0.25, 0.3) is 0 Å². The molecule has 4 nitrogen and oxygen atoms in total. The van der Waals surface area contributed by atoms with Gasteiger partial charge in [0, 0.05) is 5.33 Å². The number of halogens is 1. The number of esters is 2. The summed E-state index contributed by atoms with van der Waals surface area (Å²) in [4.78, 5) is 24.3. The molecule has 106 valence electrons. The van der Waals surface area contributed by atoms with Gasteiger partial charge in [-0.25, -0.2) is 0 Å². The number of rotatable bonds is 9.